The van der Waals surface area contributed by atoms with Crippen molar-refractivity contribution in [2.45, 2.75) is 70.3 Å². The number of aliphatic imine (C=N–C) groups is 1. The van der Waals surface area contributed by atoms with Gasteiger partial charge in [0.05, 0.1) is 0 Å². The molecule has 1 aliphatic heterocycles. The molecule has 27 heavy (non-hydrogen) atoms. The van der Waals surface area contributed by atoms with Gasteiger partial charge in [0.25, 0.3) is 0 Å². The molecule has 2 aliphatic carbocycles. The second kappa shape index (κ2) is 7.75. The minimum Gasteiger partial charge on any atom is -0.462 e. The molecule has 1 aromatic heterocycles. The molecule has 1 fully saturated rings. The Hall–Kier alpha value is -2.30. The lowest BCUT2D eigenvalue weighted by Gasteiger charge is -2.35. The Morgan fingerprint density at radius 1 is 1.15 bits per heavy atom. The van der Waals surface area contributed by atoms with E-state index in [2.05, 4.69) is 9.98 Å². The lowest BCUT2D eigenvalue weighted by atomic mass is 9.72. The van der Waals surface area contributed by atoms with Gasteiger partial charge in [-0.1, -0.05) is 12.5 Å². The van der Waals surface area contributed by atoms with Gasteiger partial charge in [-0.2, -0.15) is 0 Å². The van der Waals surface area contributed by atoms with Gasteiger partial charge in [0.1, 0.15) is 12.0 Å². The van der Waals surface area contributed by atoms with Crippen LogP contribution in [0.2, 0.25) is 0 Å². The number of ether oxygens (including phenoxy) is 1. The summed E-state index contributed by atoms with van der Waals surface area (Å²) in [5.74, 6) is -1.02. The number of Topliss-reactive ketones (excluding diaryl/α,β-unsaturated/α-hetero) is 1. The maximum atomic E-state index is 13.2. The van der Waals surface area contributed by atoms with E-state index >= 15 is 0 Å². The van der Waals surface area contributed by atoms with E-state index in [1.165, 1.54) is 6.42 Å². The number of carbonyl (C=O) groups is 2. The molecule has 0 radical (unpaired) electrons. The number of hydrogen-bond donors (Lipinski definition) is 0. The highest BCUT2D eigenvalue weighted by Crippen LogP contribution is 2.43. The van der Waals surface area contributed by atoms with E-state index < -0.39 is 5.92 Å². The number of ketones is 1. The number of carbonyl (C=O) groups excluding carboxylic acids is 2. The Morgan fingerprint density at radius 3 is 2.70 bits per heavy atom. The van der Waals surface area contributed by atoms with Crippen LogP contribution in [0.15, 0.2) is 40.8 Å². The van der Waals surface area contributed by atoms with E-state index in [0.29, 0.717) is 12.0 Å². The van der Waals surface area contributed by atoms with Crippen molar-refractivity contribution >= 4 is 17.5 Å². The first-order valence-electron chi connectivity index (χ1n) is 10.1. The van der Waals surface area contributed by atoms with E-state index in [9.17, 15) is 9.59 Å². The van der Waals surface area contributed by atoms with Crippen molar-refractivity contribution in [2.24, 2.45) is 10.9 Å². The molecular weight excluding hydrogens is 340 g/mol. The highest BCUT2D eigenvalue weighted by Gasteiger charge is 2.43. The normalized spacial score (nSPS) is 26.4. The van der Waals surface area contributed by atoms with Crippen molar-refractivity contribution in [1.29, 1.82) is 0 Å². The molecule has 0 saturated heterocycles. The highest BCUT2D eigenvalue weighted by atomic mass is 16.5. The van der Waals surface area contributed by atoms with Crippen LogP contribution in [0.3, 0.4) is 0 Å². The molecule has 3 aliphatic rings. The van der Waals surface area contributed by atoms with Crippen LogP contribution in [0.5, 0.6) is 0 Å². The number of hydrogen-bond acceptors (Lipinski definition) is 5. The zero-order valence-corrected chi connectivity index (χ0v) is 15.8. The van der Waals surface area contributed by atoms with Crippen molar-refractivity contribution in [3.8, 4) is 0 Å². The molecule has 2 atom stereocenters. The molecule has 142 valence electrons. The highest BCUT2D eigenvalue weighted by molar-refractivity contribution is 6.08. The number of esters is 1. The summed E-state index contributed by atoms with van der Waals surface area (Å²) in [6, 6.07) is 3.80. The van der Waals surface area contributed by atoms with Crippen LogP contribution in [0, 0.1) is 5.92 Å². The quantitative estimate of drug-likeness (QED) is 0.754. The maximum absolute atomic E-state index is 13.2. The summed E-state index contributed by atoms with van der Waals surface area (Å²) in [7, 11) is 0. The third kappa shape index (κ3) is 3.60. The average Bonchev–Trinajstić information content (AvgIpc) is 2.68. The van der Waals surface area contributed by atoms with Crippen molar-refractivity contribution in [3.05, 3.63) is 41.4 Å². The van der Waals surface area contributed by atoms with Crippen molar-refractivity contribution in [1.82, 2.24) is 4.98 Å². The zero-order chi connectivity index (χ0) is 18.8. The standard InChI is InChI=1S/C22H26N2O3/c1-14-19(22(26)27-16-8-3-2-4-9-16)20(15-7-6-12-23-13-15)21-17(24-14)10-5-11-18(21)25/h6-7,12-13,16,19-20H,2-5,8-11H2,1H3. The summed E-state index contributed by atoms with van der Waals surface area (Å²) >= 11 is 0. The van der Waals surface area contributed by atoms with Crippen LogP contribution in [0.1, 0.15) is 69.8 Å². The van der Waals surface area contributed by atoms with Crippen molar-refractivity contribution < 1.29 is 14.3 Å². The van der Waals surface area contributed by atoms with Crippen LogP contribution >= 0.6 is 0 Å². The summed E-state index contributed by atoms with van der Waals surface area (Å²) < 4.78 is 5.89. The Kier molecular flexibility index (Phi) is 5.19. The number of rotatable bonds is 3. The fourth-order valence-corrected chi connectivity index (χ4v) is 4.65. The van der Waals surface area contributed by atoms with E-state index in [0.717, 1.165) is 55.5 Å². The van der Waals surface area contributed by atoms with Gasteiger partial charge < -0.3 is 4.74 Å². The maximum Gasteiger partial charge on any atom is 0.315 e. The van der Waals surface area contributed by atoms with Gasteiger partial charge in [-0.05, 0) is 57.1 Å². The van der Waals surface area contributed by atoms with Crippen LogP contribution < -0.4 is 0 Å². The Bertz CT molecular complexity index is 791. The second-order valence-electron chi connectivity index (χ2n) is 7.83. The van der Waals surface area contributed by atoms with E-state index in [-0.39, 0.29) is 23.8 Å². The van der Waals surface area contributed by atoms with Crippen LogP contribution in [0.4, 0.5) is 0 Å². The van der Waals surface area contributed by atoms with Crippen molar-refractivity contribution in [3.63, 3.8) is 0 Å². The van der Waals surface area contributed by atoms with Crippen molar-refractivity contribution in [2.75, 3.05) is 0 Å². The monoisotopic (exact) mass is 366 g/mol. The molecule has 0 bridgehead atoms. The van der Waals surface area contributed by atoms with Crippen LogP contribution in [-0.2, 0) is 14.3 Å². The third-order valence-corrected chi connectivity index (χ3v) is 5.97. The predicted octanol–water partition coefficient (Wildman–Crippen LogP) is 4.14. The molecule has 0 amide bonds. The topological polar surface area (TPSA) is 68.6 Å². The largest absolute Gasteiger partial charge is 0.462 e. The predicted molar refractivity (Wildman–Crippen MR) is 102 cm³/mol. The molecule has 5 heteroatoms. The van der Waals surface area contributed by atoms with Crippen LogP contribution in [0.25, 0.3) is 0 Å². The molecular formula is C22H26N2O3. The number of pyridine rings is 1. The number of allylic oxidation sites excluding steroid dienone is 2. The Balaban J connectivity index is 1.70. The molecule has 2 heterocycles. The fourth-order valence-electron chi connectivity index (χ4n) is 4.65. The molecule has 0 N–H and O–H groups in total. The second-order valence-corrected chi connectivity index (χ2v) is 7.83. The summed E-state index contributed by atoms with van der Waals surface area (Å²) in [5.41, 5.74) is 3.18. The molecule has 5 nitrogen and oxygen atoms in total. The van der Waals surface area contributed by atoms with Gasteiger partial charge >= 0.3 is 5.97 Å². The summed E-state index contributed by atoms with van der Waals surface area (Å²) in [6.07, 6.45) is 10.9. The lowest BCUT2D eigenvalue weighted by Crippen LogP contribution is -2.38. The van der Waals surface area contributed by atoms with Crippen LogP contribution in [-0.4, -0.2) is 28.6 Å². The van der Waals surface area contributed by atoms with E-state index in [4.69, 9.17) is 4.74 Å². The lowest BCUT2D eigenvalue weighted by molar-refractivity contribution is -0.153. The first-order chi connectivity index (χ1) is 13.1. The minimum atomic E-state index is -0.545. The Morgan fingerprint density at radius 2 is 1.96 bits per heavy atom. The molecule has 2 unspecified atom stereocenters. The summed E-state index contributed by atoms with van der Waals surface area (Å²) in [4.78, 5) is 34.9. The first kappa shape index (κ1) is 18.1. The number of aromatic nitrogens is 1. The first-order valence-corrected chi connectivity index (χ1v) is 10.1. The van der Waals surface area contributed by atoms with E-state index in [1.807, 2.05) is 19.1 Å². The zero-order valence-electron chi connectivity index (χ0n) is 15.8. The van der Waals surface area contributed by atoms with Gasteiger partial charge in [-0.15, -0.1) is 0 Å². The fraction of sp³-hybridized carbons (Fsp3) is 0.545. The average molecular weight is 366 g/mol. The number of nitrogens with zero attached hydrogens (tertiary/aromatic N) is 2. The summed E-state index contributed by atoms with van der Waals surface area (Å²) in [6.45, 7) is 1.89. The van der Waals surface area contributed by atoms with Gasteiger partial charge in [-0.3, -0.25) is 19.6 Å². The molecule has 4 rings (SSSR count). The Labute approximate surface area is 159 Å². The van der Waals surface area contributed by atoms with E-state index in [1.54, 1.807) is 12.4 Å². The third-order valence-electron chi connectivity index (χ3n) is 5.97. The minimum absolute atomic E-state index is 0.00830. The SMILES string of the molecule is CC1=NC2=C(C(=O)CCC2)C(c2cccnc2)C1C(=O)OC1CCCCC1. The van der Waals surface area contributed by atoms with Gasteiger partial charge in [0.15, 0.2) is 5.78 Å². The van der Waals surface area contributed by atoms with Gasteiger partial charge in [0, 0.05) is 41.7 Å². The molecule has 1 saturated carbocycles. The van der Waals surface area contributed by atoms with Gasteiger partial charge in [0.2, 0.25) is 0 Å². The molecule has 0 spiro atoms. The van der Waals surface area contributed by atoms with Gasteiger partial charge in [-0.25, -0.2) is 0 Å². The molecule has 1 aromatic rings. The molecule has 0 aromatic carbocycles. The smallest absolute Gasteiger partial charge is 0.315 e. The summed E-state index contributed by atoms with van der Waals surface area (Å²) in [5, 5.41) is 0.